The molecule has 0 aliphatic carbocycles. The minimum absolute atomic E-state index is 0.273. The van der Waals surface area contributed by atoms with E-state index in [0.717, 1.165) is 13.0 Å². The highest BCUT2D eigenvalue weighted by Crippen LogP contribution is 2.14. The molecule has 0 bridgehead atoms. The quantitative estimate of drug-likeness (QED) is 0.532. The van der Waals surface area contributed by atoms with Crippen molar-refractivity contribution in [3.8, 4) is 6.07 Å². The fourth-order valence-corrected chi connectivity index (χ4v) is 0.941. The van der Waals surface area contributed by atoms with Crippen LogP contribution in [0.15, 0.2) is 0 Å². The number of nitrogens with two attached hydrogens (primary N) is 1. The Morgan fingerprint density at radius 1 is 1.78 bits per heavy atom. The van der Waals surface area contributed by atoms with Crippen molar-refractivity contribution in [2.24, 2.45) is 11.7 Å². The molecule has 2 unspecified atom stereocenters. The second kappa shape index (κ2) is 2.81. The standard InChI is InChI=1S/C6H10N2O/c7-3-6(8)5-1-2-9-4-5/h5-6H,1-2,4,8H2. The summed E-state index contributed by atoms with van der Waals surface area (Å²) in [4.78, 5) is 0. The Labute approximate surface area is 54.4 Å². The molecule has 0 aromatic rings. The van der Waals surface area contributed by atoms with E-state index >= 15 is 0 Å². The molecule has 2 atom stereocenters. The number of hydrogen-bond donors (Lipinski definition) is 1. The van der Waals surface area contributed by atoms with E-state index in [9.17, 15) is 0 Å². The second-order valence-electron chi connectivity index (χ2n) is 2.28. The summed E-state index contributed by atoms with van der Waals surface area (Å²) in [6.07, 6.45) is 0.939. The zero-order valence-electron chi connectivity index (χ0n) is 5.21. The monoisotopic (exact) mass is 126 g/mol. The Kier molecular flexibility index (Phi) is 2.04. The number of ether oxygens (including phenoxy) is 1. The Bertz CT molecular complexity index is 124. The SMILES string of the molecule is N#CC(N)C1CCOC1. The van der Waals surface area contributed by atoms with Gasteiger partial charge in [0, 0.05) is 12.5 Å². The van der Waals surface area contributed by atoms with Crippen molar-refractivity contribution in [2.75, 3.05) is 13.2 Å². The van der Waals surface area contributed by atoms with Gasteiger partial charge in [0.25, 0.3) is 0 Å². The Morgan fingerprint density at radius 3 is 3.00 bits per heavy atom. The molecule has 1 heterocycles. The van der Waals surface area contributed by atoms with Gasteiger partial charge in [-0.25, -0.2) is 0 Å². The van der Waals surface area contributed by atoms with Gasteiger partial charge >= 0.3 is 0 Å². The smallest absolute Gasteiger partial charge is 0.0979 e. The van der Waals surface area contributed by atoms with E-state index in [2.05, 4.69) is 0 Å². The van der Waals surface area contributed by atoms with Crippen LogP contribution in [-0.2, 0) is 4.74 Å². The van der Waals surface area contributed by atoms with Gasteiger partial charge in [-0.3, -0.25) is 0 Å². The van der Waals surface area contributed by atoms with Gasteiger partial charge in [0.05, 0.1) is 18.7 Å². The van der Waals surface area contributed by atoms with Crippen LogP contribution in [0.2, 0.25) is 0 Å². The maximum absolute atomic E-state index is 8.36. The van der Waals surface area contributed by atoms with Crippen molar-refractivity contribution in [2.45, 2.75) is 12.5 Å². The van der Waals surface area contributed by atoms with E-state index in [1.165, 1.54) is 0 Å². The van der Waals surface area contributed by atoms with E-state index < -0.39 is 0 Å². The van der Waals surface area contributed by atoms with Gasteiger partial charge in [-0.1, -0.05) is 0 Å². The summed E-state index contributed by atoms with van der Waals surface area (Å²) in [5.74, 6) is 0.273. The maximum Gasteiger partial charge on any atom is 0.0979 e. The van der Waals surface area contributed by atoms with Gasteiger partial charge in [-0.05, 0) is 6.42 Å². The van der Waals surface area contributed by atoms with Crippen molar-refractivity contribution >= 4 is 0 Å². The summed E-state index contributed by atoms with van der Waals surface area (Å²) in [5, 5.41) is 8.36. The fourth-order valence-electron chi connectivity index (χ4n) is 0.941. The van der Waals surface area contributed by atoms with Crippen molar-refractivity contribution < 1.29 is 4.74 Å². The number of hydrogen-bond acceptors (Lipinski definition) is 3. The zero-order chi connectivity index (χ0) is 6.69. The molecule has 0 spiro atoms. The van der Waals surface area contributed by atoms with Crippen molar-refractivity contribution in [1.82, 2.24) is 0 Å². The van der Waals surface area contributed by atoms with E-state index in [-0.39, 0.29) is 12.0 Å². The number of nitrogens with zero attached hydrogens (tertiary/aromatic N) is 1. The van der Waals surface area contributed by atoms with Gasteiger partial charge in [-0.15, -0.1) is 0 Å². The summed E-state index contributed by atoms with van der Waals surface area (Å²) >= 11 is 0. The van der Waals surface area contributed by atoms with E-state index in [1.54, 1.807) is 0 Å². The number of nitriles is 1. The van der Waals surface area contributed by atoms with Crippen LogP contribution in [0.25, 0.3) is 0 Å². The average Bonchev–Trinajstić information content (AvgIpc) is 2.37. The molecule has 0 aromatic heterocycles. The summed E-state index contributed by atoms with van der Waals surface area (Å²) in [7, 11) is 0. The second-order valence-corrected chi connectivity index (χ2v) is 2.28. The zero-order valence-corrected chi connectivity index (χ0v) is 5.21. The topological polar surface area (TPSA) is 59.0 Å². The van der Waals surface area contributed by atoms with Gasteiger partial charge < -0.3 is 10.5 Å². The first-order chi connectivity index (χ1) is 4.34. The average molecular weight is 126 g/mol. The lowest BCUT2D eigenvalue weighted by molar-refractivity contribution is 0.184. The van der Waals surface area contributed by atoms with Crippen molar-refractivity contribution in [3.05, 3.63) is 0 Å². The minimum atomic E-state index is -0.326. The van der Waals surface area contributed by atoms with Crippen LogP contribution in [0.3, 0.4) is 0 Å². The van der Waals surface area contributed by atoms with Crippen LogP contribution in [0.4, 0.5) is 0 Å². The van der Waals surface area contributed by atoms with Crippen LogP contribution in [0, 0.1) is 17.2 Å². The highest BCUT2D eigenvalue weighted by molar-refractivity contribution is 4.93. The highest BCUT2D eigenvalue weighted by Gasteiger charge is 2.21. The lowest BCUT2D eigenvalue weighted by atomic mass is 10.0. The lowest BCUT2D eigenvalue weighted by Crippen LogP contribution is -2.28. The van der Waals surface area contributed by atoms with E-state index in [4.69, 9.17) is 15.7 Å². The maximum atomic E-state index is 8.36. The minimum Gasteiger partial charge on any atom is -0.381 e. The lowest BCUT2D eigenvalue weighted by Gasteiger charge is -2.07. The molecule has 1 saturated heterocycles. The van der Waals surface area contributed by atoms with Crippen LogP contribution < -0.4 is 5.73 Å². The Morgan fingerprint density at radius 2 is 2.56 bits per heavy atom. The summed E-state index contributed by atoms with van der Waals surface area (Å²) in [5.41, 5.74) is 5.44. The molecule has 1 aliphatic heterocycles. The third-order valence-electron chi connectivity index (χ3n) is 1.62. The molecule has 50 valence electrons. The third-order valence-corrected chi connectivity index (χ3v) is 1.62. The highest BCUT2D eigenvalue weighted by atomic mass is 16.5. The molecular weight excluding hydrogens is 116 g/mol. The van der Waals surface area contributed by atoms with Crippen LogP contribution in [0.5, 0.6) is 0 Å². The largest absolute Gasteiger partial charge is 0.381 e. The van der Waals surface area contributed by atoms with E-state index in [1.807, 2.05) is 6.07 Å². The first-order valence-corrected chi connectivity index (χ1v) is 3.07. The van der Waals surface area contributed by atoms with Gasteiger partial charge in [0.15, 0.2) is 0 Å². The number of rotatable bonds is 1. The molecule has 1 fully saturated rings. The predicted molar refractivity (Wildman–Crippen MR) is 32.5 cm³/mol. The molecule has 2 N–H and O–H groups in total. The molecule has 0 radical (unpaired) electrons. The molecule has 0 saturated carbocycles. The van der Waals surface area contributed by atoms with Gasteiger partial charge in [-0.2, -0.15) is 5.26 Å². The molecule has 1 rings (SSSR count). The molecule has 3 nitrogen and oxygen atoms in total. The van der Waals surface area contributed by atoms with E-state index in [0.29, 0.717) is 6.61 Å². The van der Waals surface area contributed by atoms with Crippen LogP contribution in [-0.4, -0.2) is 19.3 Å². The van der Waals surface area contributed by atoms with Crippen molar-refractivity contribution in [3.63, 3.8) is 0 Å². The predicted octanol–water partition coefficient (Wildman–Crippen LogP) is -0.126. The van der Waals surface area contributed by atoms with Crippen LogP contribution in [0.1, 0.15) is 6.42 Å². The Hall–Kier alpha value is -0.590. The van der Waals surface area contributed by atoms with Crippen LogP contribution >= 0.6 is 0 Å². The molecular formula is C6H10N2O. The molecule has 3 heteroatoms. The molecule has 0 amide bonds. The third kappa shape index (κ3) is 1.41. The summed E-state index contributed by atoms with van der Waals surface area (Å²) in [6.45, 7) is 1.43. The van der Waals surface area contributed by atoms with Gasteiger partial charge in [0.2, 0.25) is 0 Å². The summed E-state index contributed by atoms with van der Waals surface area (Å²) < 4.78 is 5.05. The first kappa shape index (κ1) is 6.53. The first-order valence-electron chi connectivity index (χ1n) is 3.07. The Balaban J connectivity index is 2.34. The van der Waals surface area contributed by atoms with Crippen molar-refractivity contribution in [1.29, 1.82) is 5.26 Å². The molecule has 1 aliphatic rings. The molecule has 9 heavy (non-hydrogen) atoms. The normalized spacial score (nSPS) is 29.6. The summed E-state index contributed by atoms with van der Waals surface area (Å²) in [6, 6.07) is 1.68. The fraction of sp³-hybridized carbons (Fsp3) is 0.833. The molecule has 0 aromatic carbocycles. The van der Waals surface area contributed by atoms with Gasteiger partial charge in [0.1, 0.15) is 0 Å².